The Balaban J connectivity index is 1.60. The molecule has 2 N–H and O–H groups in total. The van der Waals surface area contributed by atoms with Gasteiger partial charge in [0, 0.05) is 16.7 Å². The summed E-state index contributed by atoms with van der Waals surface area (Å²) < 4.78 is 0. The second-order valence-electron chi connectivity index (χ2n) is 4.46. The van der Waals surface area contributed by atoms with Gasteiger partial charge in [-0.05, 0) is 44.1 Å². The van der Waals surface area contributed by atoms with Gasteiger partial charge in [0.25, 0.3) is 0 Å². The van der Waals surface area contributed by atoms with Gasteiger partial charge in [-0.25, -0.2) is 0 Å². The first-order valence-electron chi connectivity index (χ1n) is 6.56. The molecule has 0 saturated carbocycles. The number of nitrogens with one attached hydrogen (secondary N) is 2. The van der Waals surface area contributed by atoms with Crippen LogP contribution in [0.4, 0.5) is 0 Å². The molecule has 2 rings (SSSR count). The molecule has 0 aromatic heterocycles. The average Bonchev–Trinajstić information content (AvgIpc) is 2.76. The molecule has 3 heteroatoms. The number of hydrogen-bond donors (Lipinski definition) is 2. The fourth-order valence-corrected chi connectivity index (χ4v) is 3.43. The third kappa shape index (κ3) is 4.02. The van der Waals surface area contributed by atoms with Crippen molar-refractivity contribution in [2.24, 2.45) is 0 Å². The van der Waals surface area contributed by atoms with E-state index in [0.29, 0.717) is 0 Å². The molecule has 94 valence electrons. The zero-order valence-electron chi connectivity index (χ0n) is 10.5. The zero-order valence-corrected chi connectivity index (χ0v) is 11.4. The highest BCUT2D eigenvalue weighted by atomic mass is 32.2. The van der Waals surface area contributed by atoms with Crippen molar-refractivity contribution < 1.29 is 0 Å². The van der Waals surface area contributed by atoms with Crippen LogP contribution in [0, 0.1) is 0 Å². The van der Waals surface area contributed by atoms with Gasteiger partial charge in [0.2, 0.25) is 0 Å². The van der Waals surface area contributed by atoms with E-state index < -0.39 is 0 Å². The maximum absolute atomic E-state index is 3.56. The first-order chi connectivity index (χ1) is 8.40. The fraction of sp³-hybridized carbons (Fsp3) is 0.571. The third-order valence-corrected chi connectivity index (χ3v) is 4.36. The molecule has 1 aliphatic heterocycles. The molecule has 0 radical (unpaired) electrons. The molecular formula is C14H22N2S. The first kappa shape index (κ1) is 12.9. The Hall–Kier alpha value is -0.510. The molecule has 1 aromatic carbocycles. The van der Waals surface area contributed by atoms with Gasteiger partial charge in [0.15, 0.2) is 0 Å². The lowest BCUT2D eigenvalue weighted by Gasteiger charge is -2.10. The highest BCUT2D eigenvalue weighted by molar-refractivity contribution is 8.00. The molecule has 0 fully saturated rings. The van der Waals surface area contributed by atoms with Crippen LogP contribution < -0.4 is 10.6 Å². The van der Waals surface area contributed by atoms with Crippen molar-refractivity contribution in [2.45, 2.75) is 29.9 Å². The lowest BCUT2D eigenvalue weighted by atomic mass is 10.1. The van der Waals surface area contributed by atoms with Crippen molar-refractivity contribution in [3.63, 3.8) is 0 Å². The number of fused-ring (bicyclic) bond motifs is 1. The zero-order chi connectivity index (χ0) is 11.9. The molecule has 1 heterocycles. The van der Waals surface area contributed by atoms with E-state index in [1.165, 1.54) is 23.3 Å². The lowest BCUT2D eigenvalue weighted by Crippen LogP contribution is -2.27. The fourth-order valence-electron chi connectivity index (χ4n) is 2.15. The van der Waals surface area contributed by atoms with E-state index in [-0.39, 0.29) is 0 Å². The van der Waals surface area contributed by atoms with Crippen LogP contribution in [0.25, 0.3) is 0 Å². The predicted molar refractivity (Wildman–Crippen MR) is 75.8 cm³/mol. The van der Waals surface area contributed by atoms with Crippen LogP contribution in [0.15, 0.2) is 29.2 Å². The predicted octanol–water partition coefficient (Wildman–Crippen LogP) is 2.29. The second-order valence-corrected chi connectivity index (χ2v) is 5.81. The van der Waals surface area contributed by atoms with Gasteiger partial charge in [-0.3, -0.25) is 0 Å². The maximum atomic E-state index is 3.56. The number of thioether (sulfide) groups is 1. The van der Waals surface area contributed by atoms with E-state index in [2.05, 4.69) is 41.8 Å². The van der Waals surface area contributed by atoms with Crippen LogP contribution in [-0.2, 0) is 6.42 Å². The Labute approximate surface area is 109 Å². The highest BCUT2D eigenvalue weighted by Gasteiger charge is 2.20. The van der Waals surface area contributed by atoms with Crippen molar-refractivity contribution in [1.82, 2.24) is 10.6 Å². The highest BCUT2D eigenvalue weighted by Crippen LogP contribution is 2.36. The topological polar surface area (TPSA) is 24.1 Å². The largest absolute Gasteiger partial charge is 0.317 e. The molecule has 1 unspecified atom stereocenters. The monoisotopic (exact) mass is 250 g/mol. The summed E-state index contributed by atoms with van der Waals surface area (Å²) in [6, 6.07) is 8.78. The van der Waals surface area contributed by atoms with Crippen molar-refractivity contribution in [1.29, 1.82) is 0 Å². The molecule has 0 saturated heterocycles. The molecule has 0 amide bonds. The molecule has 2 nitrogen and oxygen atoms in total. The SMILES string of the molecule is CCNCCCNCC1Cc2ccccc2S1. The van der Waals surface area contributed by atoms with Crippen LogP contribution in [0.3, 0.4) is 0 Å². The molecule has 1 aliphatic rings. The Morgan fingerprint density at radius 2 is 2.06 bits per heavy atom. The molecule has 0 spiro atoms. The van der Waals surface area contributed by atoms with Gasteiger partial charge < -0.3 is 10.6 Å². The minimum atomic E-state index is 0.728. The minimum Gasteiger partial charge on any atom is -0.317 e. The van der Waals surface area contributed by atoms with Crippen molar-refractivity contribution in [2.75, 3.05) is 26.2 Å². The summed E-state index contributed by atoms with van der Waals surface area (Å²) in [5, 5.41) is 7.63. The van der Waals surface area contributed by atoms with Gasteiger partial charge in [0.05, 0.1) is 0 Å². The Morgan fingerprint density at radius 3 is 2.88 bits per heavy atom. The standard InChI is InChI=1S/C14H22N2S/c1-2-15-8-5-9-16-11-13-10-12-6-3-4-7-14(12)17-13/h3-4,6-7,13,15-16H,2,5,8-11H2,1H3. The smallest absolute Gasteiger partial charge is 0.0260 e. The summed E-state index contributed by atoms with van der Waals surface area (Å²) in [5.74, 6) is 0. The van der Waals surface area contributed by atoms with E-state index in [0.717, 1.165) is 31.4 Å². The minimum absolute atomic E-state index is 0.728. The van der Waals surface area contributed by atoms with E-state index in [1.807, 2.05) is 11.8 Å². The van der Waals surface area contributed by atoms with Crippen LogP contribution in [-0.4, -0.2) is 31.4 Å². The Morgan fingerprint density at radius 1 is 1.24 bits per heavy atom. The molecular weight excluding hydrogens is 228 g/mol. The van der Waals surface area contributed by atoms with E-state index >= 15 is 0 Å². The quantitative estimate of drug-likeness (QED) is 0.726. The Kier molecular flexibility index (Phi) is 5.36. The van der Waals surface area contributed by atoms with Crippen molar-refractivity contribution >= 4 is 11.8 Å². The van der Waals surface area contributed by atoms with Crippen molar-refractivity contribution in [3.8, 4) is 0 Å². The molecule has 17 heavy (non-hydrogen) atoms. The summed E-state index contributed by atoms with van der Waals surface area (Å²) in [6.45, 7) is 6.61. The van der Waals surface area contributed by atoms with Gasteiger partial charge in [-0.15, -0.1) is 11.8 Å². The van der Waals surface area contributed by atoms with Crippen LogP contribution in [0.1, 0.15) is 18.9 Å². The normalized spacial score (nSPS) is 18.3. The summed E-state index contributed by atoms with van der Waals surface area (Å²) in [7, 11) is 0. The number of hydrogen-bond acceptors (Lipinski definition) is 3. The third-order valence-electron chi connectivity index (χ3n) is 3.04. The Bertz CT molecular complexity index is 316. The number of benzene rings is 1. The molecule has 1 atom stereocenters. The second kappa shape index (κ2) is 7.04. The van der Waals surface area contributed by atoms with E-state index in [4.69, 9.17) is 0 Å². The summed E-state index contributed by atoms with van der Waals surface area (Å²) in [5.41, 5.74) is 1.52. The molecule has 1 aromatic rings. The van der Waals surface area contributed by atoms with Crippen LogP contribution in [0.5, 0.6) is 0 Å². The summed E-state index contributed by atoms with van der Waals surface area (Å²) in [4.78, 5) is 1.48. The van der Waals surface area contributed by atoms with Gasteiger partial charge >= 0.3 is 0 Å². The van der Waals surface area contributed by atoms with Crippen molar-refractivity contribution in [3.05, 3.63) is 29.8 Å². The van der Waals surface area contributed by atoms with Crippen LogP contribution in [0.2, 0.25) is 0 Å². The van der Waals surface area contributed by atoms with Gasteiger partial charge in [0.1, 0.15) is 0 Å². The number of rotatable bonds is 7. The summed E-state index contributed by atoms with van der Waals surface area (Å²) >= 11 is 2.03. The average molecular weight is 250 g/mol. The van der Waals surface area contributed by atoms with E-state index in [1.54, 1.807) is 0 Å². The van der Waals surface area contributed by atoms with Gasteiger partial charge in [-0.1, -0.05) is 25.1 Å². The lowest BCUT2D eigenvalue weighted by molar-refractivity contribution is 0.599. The molecule has 0 bridgehead atoms. The van der Waals surface area contributed by atoms with E-state index in [9.17, 15) is 0 Å². The van der Waals surface area contributed by atoms with Crippen LogP contribution >= 0.6 is 11.8 Å². The van der Waals surface area contributed by atoms with Gasteiger partial charge in [-0.2, -0.15) is 0 Å². The molecule has 0 aliphatic carbocycles. The maximum Gasteiger partial charge on any atom is 0.0260 e. The first-order valence-corrected chi connectivity index (χ1v) is 7.44. The summed E-state index contributed by atoms with van der Waals surface area (Å²) in [6.07, 6.45) is 2.44.